The number of carboxylic acids is 1. The van der Waals surface area contributed by atoms with Gasteiger partial charge in [0, 0.05) is 24.7 Å². The minimum Gasteiger partial charge on any atom is -0.550 e. The maximum atomic E-state index is 10.5. The van der Waals surface area contributed by atoms with Crippen molar-refractivity contribution in [2.24, 2.45) is 0 Å². The molecule has 0 spiro atoms. The predicted molar refractivity (Wildman–Crippen MR) is 75.2 cm³/mol. The first-order chi connectivity index (χ1) is 9.22. The van der Waals surface area contributed by atoms with Crippen LogP contribution >= 0.6 is 0 Å². The van der Waals surface area contributed by atoms with Gasteiger partial charge in [-0.25, -0.2) is 0 Å². The second-order valence-corrected chi connectivity index (χ2v) is 5.18. The van der Waals surface area contributed by atoms with E-state index in [-0.39, 0.29) is 36.0 Å². The Balaban J connectivity index is 0.00000200. The molecule has 1 aliphatic rings. The normalized spacial score (nSPS) is 13.2. The summed E-state index contributed by atoms with van der Waals surface area (Å²) in [5.74, 6) is -0.953. The number of benzene rings is 1. The molecule has 0 atom stereocenters. The van der Waals surface area contributed by atoms with Gasteiger partial charge in [0.25, 0.3) is 0 Å². The first kappa shape index (κ1) is 17.5. The molecule has 0 N–H and O–H groups in total. The molecule has 0 unspecified atom stereocenters. The first-order valence-corrected chi connectivity index (χ1v) is 7.28. The minimum atomic E-state index is -0.953. The molecule has 3 nitrogen and oxygen atoms in total. The molecule has 0 aliphatic heterocycles. The number of nitrogens with zero attached hydrogens (tertiary/aromatic N) is 1. The number of carbonyl (C=O) groups excluding carboxylic acids is 1. The number of carbonyl (C=O) groups is 1. The van der Waals surface area contributed by atoms with Crippen LogP contribution < -0.4 is 39.6 Å². The maximum Gasteiger partial charge on any atom is 1.00 e. The summed E-state index contributed by atoms with van der Waals surface area (Å²) < 4.78 is 0. The monoisotopic (exact) mass is 283 g/mol. The Morgan fingerprint density at radius 2 is 2.05 bits per heavy atom. The van der Waals surface area contributed by atoms with Gasteiger partial charge in [0.2, 0.25) is 0 Å². The average molecular weight is 283 g/mol. The molecule has 0 amide bonds. The van der Waals surface area contributed by atoms with Gasteiger partial charge < -0.3 is 14.8 Å². The van der Waals surface area contributed by atoms with Crippen molar-refractivity contribution in [3.05, 3.63) is 29.3 Å². The summed E-state index contributed by atoms with van der Waals surface area (Å²) in [7, 11) is 0. The Labute approximate surface area is 143 Å². The summed E-state index contributed by atoms with van der Waals surface area (Å²) >= 11 is 0. The van der Waals surface area contributed by atoms with Crippen LogP contribution in [0.4, 0.5) is 5.69 Å². The third-order valence-corrected chi connectivity index (χ3v) is 3.90. The van der Waals surface area contributed by atoms with Gasteiger partial charge in [-0.05, 0) is 62.6 Å². The number of aliphatic carboxylic acids is 1. The Bertz CT molecular complexity index is 448. The number of carboxylic acid groups (broad SMARTS) is 1. The average Bonchev–Trinajstić information content (AvgIpc) is 2.43. The van der Waals surface area contributed by atoms with E-state index in [1.165, 1.54) is 36.1 Å². The van der Waals surface area contributed by atoms with Crippen molar-refractivity contribution in [1.29, 1.82) is 0 Å². The molecule has 0 bridgehead atoms. The van der Waals surface area contributed by atoms with Gasteiger partial charge in [-0.15, -0.1) is 0 Å². The summed E-state index contributed by atoms with van der Waals surface area (Å²) in [4.78, 5) is 12.8. The van der Waals surface area contributed by atoms with E-state index in [0.29, 0.717) is 6.42 Å². The van der Waals surface area contributed by atoms with Crippen molar-refractivity contribution in [3.63, 3.8) is 0 Å². The molecule has 104 valence electrons. The smallest absolute Gasteiger partial charge is 0.550 e. The molecule has 0 fully saturated rings. The third-order valence-electron chi connectivity index (χ3n) is 3.90. The van der Waals surface area contributed by atoms with Crippen LogP contribution in [0.1, 0.15) is 43.7 Å². The van der Waals surface area contributed by atoms with Gasteiger partial charge in [-0.3, -0.25) is 0 Å². The van der Waals surface area contributed by atoms with E-state index in [1.54, 1.807) is 0 Å². The second kappa shape index (κ2) is 8.71. The van der Waals surface area contributed by atoms with E-state index in [2.05, 4.69) is 30.0 Å². The molecule has 1 aromatic rings. The summed E-state index contributed by atoms with van der Waals surface area (Å²) in [5.41, 5.74) is 4.25. The van der Waals surface area contributed by atoms with E-state index >= 15 is 0 Å². The number of anilines is 1. The fourth-order valence-corrected chi connectivity index (χ4v) is 2.92. The molecule has 0 heterocycles. The van der Waals surface area contributed by atoms with Crippen molar-refractivity contribution >= 4 is 11.7 Å². The summed E-state index contributed by atoms with van der Waals surface area (Å²) in [6.45, 7) is 3.84. The summed E-state index contributed by atoms with van der Waals surface area (Å²) in [5, 5.41) is 10.5. The second-order valence-electron chi connectivity index (χ2n) is 5.18. The van der Waals surface area contributed by atoms with Crippen LogP contribution in [-0.4, -0.2) is 19.1 Å². The standard InChI is InChI=1S/C16H23NO2.Na/c1-2-17(12-6-11-16(18)19)15-10-5-8-13-7-3-4-9-14(13)15;/h5,8,10H,2-4,6-7,9,11-12H2,1H3,(H,18,19);/q;+1/p-1. The van der Waals surface area contributed by atoms with E-state index in [9.17, 15) is 9.90 Å². The van der Waals surface area contributed by atoms with Crippen LogP contribution in [0.2, 0.25) is 0 Å². The summed E-state index contributed by atoms with van der Waals surface area (Å²) in [6, 6.07) is 6.53. The Kier molecular flexibility index (Phi) is 7.63. The van der Waals surface area contributed by atoms with Gasteiger partial charge in [0.1, 0.15) is 0 Å². The van der Waals surface area contributed by atoms with Crippen LogP contribution in [0.15, 0.2) is 18.2 Å². The Morgan fingerprint density at radius 1 is 1.30 bits per heavy atom. The van der Waals surface area contributed by atoms with Gasteiger partial charge in [-0.2, -0.15) is 0 Å². The fourth-order valence-electron chi connectivity index (χ4n) is 2.92. The van der Waals surface area contributed by atoms with Crippen LogP contribution in [0.25, 0.3) is 0 Å². The molecule has 0 aromatic heterocycles. The Hall–Kier alpha value is -0.510. The van der Waals surface area contributed by atoms with Gasteiger partial charge in [0.05, 0.1) is 0 Å². The number of fused-ring (bicyclic) bond motifs is 1. The molecule has 2 rings (SSSR count). The number of hydrogen-bond acceptors (Lipinski definition) is 3. The zero-order chi connectivity index (χ0) is 13.7. The van der Waals surface area contributed by atoms with Gasteiger partial charge in [0.15, 0.2) is 0 Å². The molecule has 0 saturated carbocycles. The van der Waals surface area contributed by atoms with Gasteiger partial charge >= 0.3 is 29.6 Å². The molecular weight excluding hydrogens is 261 g/mol. The number of hydrogen-bond donors (Lipinski definition) is 0. The molecule has 0 saturated heterocycles. The Morgan fingerprint density at radius 3 is 2.75 bits per heavy atom. The minimum absolute atomic E-state index is 0. The SMILES string of the molecule is CCN(CCCC(=O)[O-])c1cccc2c1CCCC2.[Na+]. The fraction of sp³-hybridized carbons (Fsp3) is 0.562. The van der Waals surface area contributed by atoms with Crippen LogP contribution in [0.5, 0.6) is 0 Å². The molecule has 1 aromatic carbocycles. The van der Waals surface area contributed by atoms with E-state index in [4.69, 9.17) is 0 Å². The number of aryl methyl sites for hydroxylation is 1. The topological polar surface area (TPSA) is 43.4 Å². The van der Waals surface area contributed by atoms with Crippen LogP contribution in [0.3, 0.4) is 0 Å². The van der Waals surface area contributed by atoms with E-state index in [0.717, 1.165) is 19.5 Å². The van der Waals surface area contributed by atoms with Gasteiger partial charge in [-0.1, -0.05) is 12.1 Å². The number of rotatable bonds is 6. The van der Waals surface area contributed by atoms with E-state index < -0.39 is 5.97 Å². The zero-order valence-corrected chi connectivity index (χ0v) is 14.7. The maximum absolute atomic E-state index is 10.5. The molecule has 4 heteroatoms. The molecule has 1 aliphatic carbocycles. The van der Waals surface area contributed by atoms with Crippen LogP contribution in [-0.2, 0) is 17.6 Å². The van der Waals surface area contributed by atoms with E-state index in [1.807, 2.05) is 0 Å². The zero-order valence-electron chi connectivity index (χ0n) is 12.7. The van der Waals surface area contributed by atoms with Crippen molar-refractivity contribution in [3.8, 4) is 0 Å². The van der Waals surface area contributed by atoms with Crippen molar-refractivity contribution in [2.45, 2.75) is 45.4 Å². The summed E-state index contributed by atoms with van der Waals surface area (Å²) in [6.07, 6.45) is 5.68. The molecule has 20 heavy (non-hydrogen) atoms. The predicted octanol–water partition coefficient (Wildman–Crippen LogP) is -1.07. The third kappa shape index (κ3) is 4.51. The first-order valence-electron chi connectivity index (χ1n) is 7.28. The van der Waals surface area contributed by atoms with Crippen molar-refractivity contribution in [1.82, 2.24) is 0 Å². The van der Waals surface area contributed by atoms with Crippen molar-refractivity contribution in [2.75, 3.05) is 18.0 Å². The molecular formula is C16H22NNaO2. The quantitative estimate of drug-likeness (QED) is 0.624. The van der Waals surface area contributed by atoms with Crippen LogP contribution in [0, 0.1) is 0 Å². The van der Waals surface area contributed by atoms with Crippen molar-refractivity contribution < 1.29 is 39.5 Å². The molecule has 0 radical (unpaired) electrons. The largest absolute Gasteiger partial charge is 1.00 e.